The van der Waals surface area contributed by atoms with Crippen LogP contribution in [0.1, 0.15) is 27.6 Å². The number of rotatable bonds is 6. The molecule has 0 saturated heterocycles. The molecule has 2 N–H and O–H groups in total. The third kappa shape index (κ3) is 4.86. The van der Waals surface area contributed by atoms with Crippen molar-refractivity contribution in [3.63, 3.8) is 0 Å². The molecule has 2 aromatic carbocycles. The first-order valence-electron chi connectivity index (χ1n) is 8.62. The van der Waals surface area contributed by atoms with Gasteiger partial charge in [-0.2, -0.15) is 0 Å². The number of para-hydroxylation sites is 1. The van der Waals surface area contributed by atoms with Gasteiger partial charge < -0.3 is 15.4 Å². The number of benzene rings is 2. The highest BCUT2D eigenvalue weighted by Crippen LogP contribution is 2.22. The molecular formula is C21H18ClN3O3. The fourth-order valence-electron chi connectivity index (χ4n) is 2.54. The Hall–Kier alpha value is -3.38. The molecule has 6 nitrogen and oxygen atoms in total. The Bertz CT molecular complexity index is 1010. The number of nitrogens with one attached hydrogen (secondary N) is 2. The molecule has 0 aliphatic heterocycles. The van der Waals surface area contributed by atoms with Gasteiger partial charge in [0.25, 0.3) is 5.91 Å². The predicted octanol–water partition coefficient (Wildman–Crippen LogP) is 4.91. The number of esters is 1. The number of aromatic nitrogens is 1. The number of anilines is 3. The number of amides is 1. The molecule has 0 radical (unpaired) electrons. The summed E-state index contributed by atoms with van der Waals surface area (Å²) in [5, 5.41) is 6.42. The van der Waals surface area contributed by atoms with Gasteiger partial charge in [-0.3, -0.25) is 9.78 Å². The van der Waals surface area contributed by atoms with E-state index >= 15 is 0 Å². The maximum atomic E-state index is 12.5. The van der Waals surface area contributed by atoms with Gasteiger partial charge in [0.1, 0.15) is 0 Å². The first-order valence-corrected chi connectivity index (χ1v) is 8.99. The lowest BCUT2D eigenvalue weighted by molar-refractivity contribution is 0.0527. The Labute approximate surface area is 167 Å². The maximum absolute atomic E-state index is 12.5. The number of halogens is 1. The van der Waals surface area contributed by atoms with Crippen molar-refractivity contribution in [1.29, 1.82) is 0 Å². The molecule has 0 aliphatic carbocycles. The monoisotopic (exact) mass is 395 g/mol. The van der Waals surface area contributed by atoms with Crippen LogP contribution in [0.3, 0.4) is 0 Å². The zero-order valence-electron chi connectivity index (χ0n) is 15.1. The highest BCUT2D eigenvalue weighted by molar-refractivity contribution is 6.31. The van der Waals surface area contributed by atoms with Gasteiger partial charge in [-0.1, -0.05) is 29.8 Å². The molecule has 1 heterocycles. The Balaban J connectivity index is 1.79. The van der Waals surface area contributed by atoms with Crippen LogP contribution in [-0.4, -0.2) is 23.5 Å². The maximum Gasteiger partial charge on any atom is 0.340 e. The van der Waals surface area contributed by atoms with Crippen molar-refractivity contribution in [1.82, 2.24) is 4.98 Å². The second-order valence-electron chi connectivity index (χ2n) is 5.82. The molecule has 0 atom stereocenters. The number of ether oxygens (including phenoxy) is 1. The Morgan fingerprint density at radius 2 is 1.86 bits per heavy atom. The number of hydrogen-bond donors (Lipinski definition) is 2. The van der Waals surface area contributed by atoms with Crippen LogP contribution in [0.5, 0.6) is 0 Å². The van der Waals surface area contributed by atoms with Gasteiger partial charge in [-0.25, -0.2) is 4.79 Å². The molecular weight excluding hydrogens is 378 g/mol. The van der Waals surface area contributed by atoms with Gasteiger partial charge in [0.2, 0.25) is 0 Å². The fraction of sp³-hybridized carbons (Fsp3) is 0.0952. The van der Waals surface area contributed by atoms with Crippen LogP contribution in [0.2, 0.25) is 5.02 Å². The average molecular weight is 396 g/mol. The minimum absolute atomic E-state index is 0.286. The molecule has 1 aromatic heterocycles. The van der Waals surface area contributed by atoms with E-state index in [9.17, 15) is 9.59 Å². The van der Waals surface area contributed by atoms with E-state index in [2.05, 4.69) is 15.6 Å². The zero-order valence-corrected chi connectivity index (χ0v) is 15.9. The third-order valence-electron chi connectivity index (χ3n) is 3.78. The average Bonchev–Trinajstić information content (AvgIpc) is 2.69. The summed E-state index contributed by atoms with van der Waals surface area (Å²) < 4.78 is 5.07. The molecule has 142 valence electrons. The summed E-state index contributed by atoms with van der Waals surface area (Å²) in [4.78, 5) is 28.7. The number of carbonyl (C=O) groups is 2. The minimum atomic E-state index is -0.423. The van der Waals surface area contributed by atoms with Crippen molar-refractivity contribution in [2.45, 2.75) is 6.92 Å². The topological polar surface area (TPSA) is 80.3 Å². The van der Waals surface area contributed by atoms with Crippen LogP contribution in [0, 0.1) is 0 Å². The summed E-state index contributed by atoms with van der Waals surface area (Å²) >= 11 is 5.94. The van der Waals surface area contributed by atoms with E-state index in [1.165, 1.54) is 6.20 Å². The number of hydrogen-bond acceptors (Lipinski definition) is 5. The molecule has 7 heteroatoms. The summed E-state index contributed by atoms with van der Waals surface area (Å²) in [6.07, 6.45) is 3.03. The fourth-order valence-corrected chi connectivity index (χ4v) is 2.73. The molecule has 0 spiro atoms. The van der Waals surface area contributed by atoms with Crippen LogP contribution >= 0.6 is 11.6 Å². The first kappa shape index (κ1) is 19.4. The lowest BCUT2D eigenvalue weighted by Gasteiger charge is -2.12. The highest BCUT2D eigenvalue weighted by atomic mass is 35.5. The Morgan fingerprint density at radius 3 is 2.64 bits per heavy atom. The van der Waals surface area contributed by atoms with Gasteiger partial charge in [0.05, 0.1) is 35.3 Å². The molecule has 0 fully saturated rings. The highest BCUT2D eigenvalue weighted by Gasteiger charge is 2.13. The van der Waals surface area contributed by atoms with Crippen LogP contribution in [0.25, 0.3) is 0 Å². The zero-order chi connectivity index (χ0) is 19.9. The largest absolute Gasteiger partial charge is 0.462 e. The summed E-state index contributed by atoms with van der Waals surface area (Å²) in [6.45, 7) is 2.04. The van der Waals surface area contributed by atoms with Crippen molar-refractivity contribution in [3.8, 4) is 0 Å². The van der Waals surface area contributed by atoms with Crippen LogP contribution in [-0.2, 0) is 4.74 Å². The van der Waals surface area contributed by atoms with Crippen molar-refractivity contribution in [2.24, 2.45) is 0 Å². The second kappa shape index (κ2) is 9.01. The van der Waals surface area contributed by atoms with E-state index < -0.39 is 5.97 Å². The molecule has 28 heavy (non-hydrogen) atoms. The van der Waals surface area contributed by atoms with Gasteiger partial charge in [0.15, 0.2) is 0 Å². The summed E-state index contributed by atoms with van der Waals surface area (Å²) in [5.74, 6) is -0.745. The van der Waals surface area contributed by atoms with Crippen LogP contribution < -0.4 is 10.6 Å². The van der Waals surface area contributed by atoms with Gasteiger partial charge in [-0.05, 0) is 43.3 Å². The smallest absolute Gasteiger partial charge is 0.340 e. The quantitative estimate of drug-likeness (QED) is 0.580. The normalized spacial score (nSPS) is 10.2. The van der Waals surface area contributed by atoms with Crippen LogP contribution in [0.15, 0.2) is 67.0 Å². The SMILES string of the molecule is CCOC(=O)c1ccccc1Nc1cncc(C(=O)Nc2cccc(Cl)c2)c1. The minimum Gasteiger partial charge on any atom is -0.462 e. The van der Waals surface area contributed by atoms with Crippen molar-refractivity contribution >= 4 is 40.5 Å². The molecule has 0 saturated carbocycles. The van der Waals surface area contributed by atoms with E-state index in [-0.39, 0.29) is 12.5 Å². The van der Waals surface area contributed by atoms with Gasteiger partial charge >= 0.3 is 5.97 Å². The third-order valence-corrected chi connectivity index (χ3v) is 4.02. The van der Waals surface area contributed by atoms with E-state index in [0.29, 0.717) is 33.2 Å². The first-order chi connectivity index (χ1) is 13.6. The lowest BCUT2D eigenvalue weighted by atomic mass is 10.1. The molecule has 0 unspecified atom stereocenters. The summed E-state index contributed by atoms with van der Waals surface area (Å²) in [5.41, 5.74) is 2.48. The van der Waals surface area contributed by atoms with Gasteiger partial charge in [0, 0.05) is 16.9 Å². The molecule has 1 amide bonds. The van der Waals surface area contributed by atoms with Crippen LogP contribution in [0.4, 0.5) is 17.1 Å². The summed E-state index contributed by atoms with van der Waals surface area (Å²) in [6, 6.07) is 15.5. The Morgan fingerprint density at radius 1 is 1.04 bits per heavy atom. The van der Waals surface area contributed by atoms with Crippen molar-refractivity contribution < 1.29 is 14.3 Å². The van der Waals surface area contributed by atoms with Crippen molar-refractivity contribution in [2.75, 3.05) is 17.2 Å². The van der Waals surface area contributed by atoms with E-state index in [4.69, 9.17) is 16.3 Å². The van der Waals surface area contributed by atoms with Gasteiger partial charge in [-0.15, -0.1) is 0 Å². The number of nitrogens with zero attached hydrogens (tertiary/aromatic N) is 1. The number of pyridine rings is 1. The molecule has 0 aliphatic rings. The lowest BCUT2D eigenvalue weighted by Crippen LogP contribution is -2.12. The van der Waals surface area contributed by atoms with E-state index in [1.54, 1.807) is 67.7 Å². The van der Waals surface area contributed by atoms with E-state index in [0.717, 1.165) is 0 Å². The second-order valence-corrected chi connectivity index (χ2v) is 6.25. The Kier molecular flexibility index (Phi) is 6.24. The standard InChI is InChI=1S/C21H18ClN3O3/c1-2-28-21(27)18-8-3-4-9-19(18)24-17-10-14(12-23-13-17)20(26)25-16-7-5-6-15(22)11-16/h3-13,24H,2H2,1H3,(H,25,26). The molecule has 0 bridgehead atoms. The van der Waals surface area contributed by atoms with Crippen molar-refractivity contribution in [3.05, 3.63) is 83.1 Å². The van der Waals surface area contributed by atoms with E-state index in [1.807, 2.05) is 0 Å². The molecule has 3 rings (SSSR count). The number of carbonyl (C=O) groups excluding carboxylic acids is 2. The predicted molar refractivity (Wildman–Crippen MR) is 109 cm³/mol. The molecule has 3 aromatic rings. The summed E-state index contributed by atoms with van der Waals surface area (Å²) in [7, 11) is 0.